The van der Waals surface area contributed by atoms with Crippen molar-refractivity contribution in [2.75, 3.05) is 5.32 Å². The van der Waals surface area contributed by atoms with Crippen molar-refractivity contribution in [2.45, 2.75) is 44.9 Å². The summed E-state index contributed by atoms with van der Waals surface area (Å²) in [6.07, 6.45) is 7.13. The molecule has 0 aliphatic heterocycles. The minimum Gasteiger partial charge on any atom is -0.324 e. The zero-order valence-electron chi connectivity index (χ0n) is 15.1. The SMILES string of the molecule is CC(c1ccccc1)C1(C(=O)Nc2cnc3sccc3c2)CCCCC1. The summed E-state index contributed by atoms with van der Waals surface area (Å²) in [6.45, 7) is 2.21. The molecule has 2 aromatic heterocycles. The third-order valence-electron chi connectivity index (χ3n) is 5.89. The Bertz CT molecular complexity index is 897. The lowest BCUT2D eigenvalue weighted by atomic mass is 9.63. The maximum atomic E-state index is 13.4. The molecule has 1 atom stereocenters. The highest BCUT2D eigenvalue weighted by Gasteiger charge is 2.44. The van der Waals surface area contributed by atoms with Crippen molar-refractivity contribution in [2.24, 2.45) is 5.41 Å². The fourth-order valence-corrected chi connectivity index (χ4v) is 5.00. The maximum Gasteiger partial charge on any atom is 0.231 e. The Kier molecular flexibility index (Phi) is 4.77. The highest BCUT2D eigenvalue weighted by Crippen LogP contribution is 2.48. The first kappa shape index (κ1) is 17.2. The van der Waals surface area contributed by atoms with Crippen LogP contribution in [-0.2, 0) is 4.79 Å². The number of aromatic nitrogens is 1. The molecule has 1 unspecified atom stereocenters. The third kappa shape index (κ3) is 3.14. The van der Waals surface area contributed by atoms with Crippen LogP contribution in [0.15, 0.2) is 54.0 Å². The summed E-state index contributed by atoms with van der Waals surface area (Å²) in [5.41, 5.74) is 1.70. The van der Waals surface area contributed by atoms with E-state index in [0.717, 1.165) is 41.6 Å². The molecular weight excluding hydrogens is 340 g/mol. The van der Waals surface area contributed by atoms with Crippen LogP contribution in [0.5, 0.6) is 0 Å². The molecule has 4 heteroatoms. The quantitative estimate of drug-likeness (QED) is 0.618. The van der Waals surface area contributed by atoms with Crippen LogP contribution < -0.4 is 5.32 Å². The van der Waals surface area contributed by atoms with E-state index in [4.69, 9.17) is 0 Å². The van der Waals surface area contributed by atoms with Crippen LogP contribution in [0.4, 0.5) is 5.69 Å². The Balaban J connectivity index is 1.63. The van der Waals surface area contributed by atoms with Crippen LogP contribution >= 0.6 is 11.3 Å². The lowest BCUT2D eigenvalue weighted by Gasteiger charge is -2.41. The lowest BCUT2D eigenvalue weighted by molar-refractivity contribution is -0.128. The standard InChI is InChI=1S/C22H24N2OS/c1-16(17-8-4-2-5-9-17)22(11-6-3-7-12-22)21(25)24-19-14-18-10-13-26-20(18)23-15-19/h2,4-5,8-10,13-16H,3,6-7,11-12H2,1H3,(H,24,25). The van der Waals surface area contributed by atoms with Crippen molar-refractivity contribution in [3.8, 4) is 0 Å². The fraction of sp³-hybridized carbons (Fsp3) is 0.364. The number of benzene rings is 1. The molecule has 1 fully saturated rings. The van der Waals surface area contributed by atoms with E-state index in [9.17, 15) is 4.79 Å². The van der Waals surface area contributed by atoms with Gasteiger partial charge in [0.15, 0.2) is 0 Å². The van der Waals surface area contributed by atoms with E-state index in [1.807, 2.05) is 23.6 Å². The van der Waals surface area contributed by atoms with Crippen molar-refractivity contribution < 1.29 is 4.79 Å². The Morgan fingerprint density at radius 2 is 1.92 bits per heavy atom. The summed E-state index contributed by atoms with van der Waals surface area (Å²) in [4.78, 5) is 18.9. The molecule has 0 radical (unpaired) electrons. The molecule has 1 N–H and O–H groups in total. The molecule has 134 valence electrons. The molecular formula is C22H24N2OS. The van der Waals surface area contributed by atoms with Gasteiger partial charge in [0, 0.05) is 5.39 Å². The second kappa shape index (κ2) is 7.20. The number of pyridine rings is 1. The monoisotopic (exact) mass is 364 g/mol. The molecule has 2 heterocycles. The zero-order valence-corrected chi connectivity index (χ0v) is 15.9. The van der Waals surface area contributed by atoms with Crippen molar-refractivity contribution in [3.05, 3.63) is 59.6 Å². The smallest absolute Gasteiger partial charge is 0.231 e. The normalized spacial score (nSPS) is 17.7. The first-order valence-corrected chi connectivity index (χ1v) is 10.3. The summed E-state index contributed by atoms with van der Waals surface area (Å²) in [5.74, 6) is 0.340. The van der Waals surface area contributed by atoms with E-state index in [1.165, 1.54) is 12.0 Å². The van der Waals surface area contributed by atoms with Gasteiger partial charge in [-0.2, -0.15) is 0 Å². The van der Waals surface area contributed by atoms with Gasteiger partial charge in [0.25, 0.3) is 0 Å². The molecule has 26 heavy (non-hydrogen) atoms. The summed E-state index contributed by atoms with van der Waals surface area (Å²) >= 11 is 1.62. The second-order valence-electron chi connectivity index (χ2n) is 7.34. The molecule has 1 aromatic carbocycles. The molecule has 1 aliphatic carbocycles. The Labute approximate surface area is 158 Å². The van der Waals surface area contributed by atoms with E-state index in [-0.39, 0.29) is 17.2 Å². The molecule has 4 rings (SSSR count). The Hall–Kier alpha value is -2.20. The first-order valence-electron chi connectivity index (χ1n) is 9.39. The summed E-state index contributed by atoms with van der Waals surface area (Å²) in [5, 5.41) is 6.30. The van der Waals surface area contributed by atoms with Crippen LogP contribution in [-0.4, -0.2) is 10.9 Å². The van der Waals surface area contributed by atoms with Crippen LogP contribution in [0.25, 0.3) is 10.2 Å². The molecule has 1 amide bonds. The van der Waals surface area contributed by atoms with Gasteiger partial charge in [0.2, 0.25) is 5.91 Å². The van der Waals surface area contributed by atoms with Gasteiger partial charge in [-0.15, -0.1) is 11.3 Å². The average Bonchev–Trinajstić information content (AvgIpc) is 3.16. The zero-order chi connectivity index (χ0) is 18.0. The number of fused-ring (bicyclic) bond motifs is 1. The number of carbonyl (C=O) groups is 1. The van der Waals surface area contributed by atoms with Crippen molar-refractivity contribution in [1.82, 2.24) is 4.98 Å². The summed E-state index contributed by atoms with van der Waals surface area (Å²) in [7, 11) is 0. The largest absolute Gasteiger partial charge is 0.324 e. The number of anilines is 1. The van der Waals surface area contributed by atoms with E-state index in [2.05, 4.69) is 41.5 Å². The molecule has 1 aliphatic rings. The molecule has 0 spiro atoms. The number of nitrogens with zero attached hydrogens (tertiary/aromatic N) is 1. The predicted octanol–water partition coefficient (Wildman–Crippen LogP) is 5.99. The van der Waals surface area contributed by atoms with Gasteiger partial charge >= 0.3 is 0 Å². The van der Waals surface area contributed by atoms with Crippen molar-refractivity contribution in [1.29, 1.82) is 0 Å². The first-order chi connectivity index (χ1) is 12.7. The van der Waals surface area contributed by atoms with Crippen molar-refractivity contribution in [3.63, 3.8) is 0 Å². The molecule has 0 bridgehead atoms. The molecule has 3 aromatic rings. The number of hydrogen-bond donors (Lipinski definition) is 1. The average molecular weight is 365 g/mol. The van der Waals surface area contributed by atoms with Crippen LogP contribution in [0.3, 0.4) is 0 Å². The summed E-state index contributed by atoms with van der Waals surface area (Å²) < 4.78 is 0. The predicted molar refractivity (Wildman–Crippen MR) is 109 cm³/mol. The fourth-order valence-electron chi connectivity index (χ4n) is 4.28. The van der Waals surface area contributed by atoms with Crippen LogP contribution in [0.1, 0.15) is 50.5 Å². The topological polar surface area (TPSA) is 42.0 Å². The lowest BCUT2D eigenvalue weighted by Crippen LogP contribution is -2.42. The van der Waals surface area contributed by atoms with Crippen LogP contribution in [0, 0.1) is 5.41 Å². The van der Waals surface area contributed by atoms with Gasteiger partial charge in [-0.3, -0.25) is 4.79 Å². The Morgan fingerprint density at radius 3 is 2.69 bits per heavy atom. The molecule has 0 saturated heterocycles. The highest BCUT2D eigenvalue weighted by molar-refractivity contribution is 7.16. The van der Waals surface area contributed by atoms with E-state index in [1.54, 1.807) is 17.5 Å². The summed E-state index contributed by atoms with van der Waals surface area (Å²) in [6, 6.07) is 14.5. The number of carbonyl (C=O) groups excluding carboxylic acids is 1. The number of thiophene rings is 1. The minimum absolute atomic E-state index is 0.143. The molecule has 1 saturated carbocycles. The van der Waals surface area contributed by atoms with Gasteiger partial charge in [-0.25, -0.2) is 4.98 Å². The van der Waals surface area contributed by atoms with Gasteiger partial charge in [-0.05, 0) is 41.8 Å². The van der Waals surface area contributed by atoms with Gasteiger partial charge in [0.05, 0.1) is 17.3 Å². The van der Waals surface area contributed by atoms with Crippen LogP contribution in [0.2, 0.25) is 0 Å². The highest BCUT2D eigenvalue weighted by atomic mass is 32.1. The number of amides is 1. The second-order valence-corrected chi connectivity index (χ2v) is 8.24. The maximum absolute atomic E-state index is 13.4. The number of rotatable bonds is 4. The van der Waals surface area contributed by atoms with Crippen molar-refractivity contribution >= 4 is 33.1 Å². The van der Waals surface area contributed by atoms with E-state index >= 15 is 0 Å². The van der Waals surface area contributed by atoms with Gasteiger partial charge in [0.1, 0.15) is 4.83 Å². The van der Waals surface area contributed by atoms with Gasteiger partial charge in [-0.1, -0.05) is 56.5 Å². The van der Waals surface area contributed by atoms with Gasteiger partial charge < -0.3 is 5.32 Å². The Morgan fingerprint density at radius 1 is 1.15 bits per heavy atom. The van der Waals surface area contributed by atoms with E-state index in [0.29, 0.717) is 0 Å². The molecule has 3 nitrogen and oxygen atoms in total. The third-order valence-corrected chi connectivity index (χ3v) is 6.73. The van der Waals surface area contributed by atoms with E-state index < -0.39 is 0 Å². The number of hydrogen-bond acceptors (Lipinski definition) is 3. The number of nitrogens with one attached hydrogen (secondary N) is 1. The minimum atomic E-state index is -0.344.